The fraction of sp³-hybridized carbons (Fsp3) is 0.263. The predicted octanol–water partition coefficient (Wildman–Crippen LogP) is 1.53. The lowest BCUT2D eigenvalue weighted by molar-refractivity contribution is 0.0954. The van der Waals surface area contributed by atoms with Crippen LogP contribution in [0.4, 0.5) is 4.39 Å². The number of hydrogen-bond acceptors (Lipinski definition) is 4. The highest BCUT2D eigenvalue weighted by molar-refractivity contribution is 5.96. The number of aromatic amines is 1. The van der Waals surface area contributed by atoms with Gasteiger partial charge in [-0.3, -0.25) is 19.1 Å². The fourth-order valence-electron chi connectivity index (χ4n) is 3.05. The number of H-pyrrole nitrogens is 1. The molecule has 4 rings (SSSR count). The topological polar surface area (TPSA) is 96.8 Å². The number of halogens is 1. The van der Waals surface area contributed by atoms with Gasteiger partial charge in [0.15, 0.2) is 0 Å². The van der Waals surface area contributed by atoms with E-state index < -0.39 is 11.2 Å². The Morgan fingerprint density at radius 1 is 1.30 bits per heavy atom. The second-order valence-electron chi connectivity index (χ2n) is 6.59. The summed E-state index contributed by atoms with van der Waals surface area (Å²) in [5.74, 6) is -0.706. The van der Waals surface area contributed by atoms with Gasteiger partial charge in [0.2, 0.25) is 0 Å². The Balaban J connectivity index is 1.54. The van der Waals surface area contributed by atoms with Crippen LogP contribution in [0.5, 0.6) is 0 Å². The molecule has 0 aliphatic heterocycles. The molecule has 0 saturated heterocycles. The van der Waals surface area contributed by atoms with E-state index in [0.717, 1.165) is 18.4 Å². The standard InChI is InChI=1S/C19H17FN4O3/c20-13-3-1-2-11(8-13)6-7-21-17(25)12-9-15-16(22-10-12)24(14-4-5-14)19(27)23-18(15)26/h1-3,8-10,14H,4-7H2,(H,21,25)(H,23,26,27). The molecule has 1 saturated carbocycles. The first-order valence-electron chi connectivity index (χ1n) is 8.70. The second kappa shape index (κ2) is 6.79. The maximum atomic E-state index is 13.2. The Bertz CT molecular complexity index is 1150. The highest BCUT2D eigenvalue weighted by atomic mass is 19.1. The summed E-state index contributed by atoms with van der Waals surface area (Å²) in [6.45, 7) is 0.318. The van der Waals surface area contributed by atoms with Crippen LogP contribution in [0.3, 0.4) is 0 Å². The Labute approximate surface area is 152 Å². The van der Waals surface area contributed by atoms with Crippen molar-refractivity contribution in [3.8, 4) is 0 Å². The molecule has 0 unspecified atom stereocenters. The molecule has 0 spiro atoms. The third-order valence-corrected chi connectivity index (χ3v) is 4.54. The number of amides is 1. The summed E-state index contributed by atoms with van der Waals surface area (Å²) >= 11 is 0. The smallest absolute Gasteiger partial charge is 0.330 e. The molecule has 2 aromatic heterocycles. The molecule has 2 heterocycles. The van der Waals surface area contributed by atoms with Crippen LogP contribution >= 0.6 is 0 Å². The minimum atomic E-state index is -0.561. The molecule has 0 bridgehead atoms. The van der Waals surface area contributed by atoms with Gasteiger partial charge in [-0.05, 0) is 43.0 Å². The molecule has 2 N–H and O–H groups in total. The average molecular weight is 368 g/mol. The third kappa shape index (κ3) is 3.51. The zero-order valence-electron chi connectivity index (χ0n) is 14.4. The van der Waals surface area contributed by atoms with Crippen molar-refractivity contribution in [2.75, 3.05) is 6.54 Å². The fourth-order valence-corrected chi connectivity index (χ4v) is 3.05. The number of carbonyl (C=O) groups excluding carboxylic acids is 1. The first-order valence-corrected chi connectivity index (χ1v) is 8.70. The molecule has 27 heavy (non-hydrogen) atoms. The van der Waals surface area contributed by atoms with Crippen LogP contribution in [0, 0.1) is 5.82 Å². The van der Waals surface area contributed by atoms with Gasteiger partial charge in [-0.2, -0.15) is 0 Å². The van der Waals surface area contributed by atoms with Crippen molar-refractivity contribution in [2.24, 2.45) is 0 Å². The molecule has 1 amide bonds. The van der Waals surface area contributed by atoms with Crippen molar-refractivity contribution in [3.05, 3.63) is 74.3 Å². The van der Waals surface area contributed by atoms with E-state index in [4.69, 9.17) is 0 Å². The van der Waals surface area contributed by atoms with Gasteiger partial charge in [0.25, 0.3) is 11.5 Å². The number of fused-ring (bicyclic) bond motifs is 1. The highest BCUT2D eigenvalue weighted by Gasteiger charge is 2.27. The molecule has 1 aliphatic carbocycles. The van der Waals surface area contributed by atoms with Gasteiger partial charge in [0.05, 0.1) is 10.9 Å². The summed E-state index contributed by atoms with van der Waals surface area (Å²) in [6.07, 6.45) is 3.57. The van der Waals surface area contributed by atoms with Crippen molar-refractivity contribution < 1.29 is 9.18 Å². The third-order valence-electron chi connectivity index (χ3n) is 4.54. The Morgan fingerprint density at radius 2 is 2.11 bits per heavy atom. The van der Waals surface area contributed by atoms with E-state index in [9.17, 15) is 18.8 Å². The minimum Gasteiger partial charge on any atom is -0.352 e. The first kappa shape index (κ1) is 17.1. The minimum absolute atomic E-state index is 0.0512. The Morgan fingerprint density at radius 3 is 2.85 bits per heavy atom. The summed E-state index contributed by atoms with van der Waals surface area (Å²) in [7, 11) is 0. The highest BCUT2D eigenvalue weighted by Crippen LogP contribution is 2.34. The summed E-state index contributed by atoms with van der Waals surface area (Å²) in [5, 5.41) is 2.94. The monoisotopic (exact) mass is 368 g/mol. The number of hydrogen-bond donors (Lipinski definition) is 2. The van der Waals surface area contributed by atoms with E-state index in [-0.39, 0.29) is 28.7 Å². The van der Waals surface area contributed by atoms with Crippen LogP contribution in [0.25, 0.3) is 11.0 Å². The lowest BCUT2D eigenvalue weighted by atomic mass is 10.1. The summed E-state index contributed by atoms with van der Waals surface area (Å²) in [4.78, 5) is 43.0. The van der Waals surface area contributed by atoms with Crippen molar-refractivity contribution in [1.82, 2.24) is 19.9 Å². The van der Waals surface area contributed by atoms with Gasteiger partial charge in [0.1, 0.15) is 11.5 Å². The summed E-state index contributed by atoms with van der Waals surface area (Å²) in [5.41, 5.74) is 0.260. The van der Waals surface area contributed by atoms with E-state index in [2.05, 4.69) is 15.3 Å². The van der Waals surface area contributed by atoms with E-state index >= 15 is 0 Å². The lowest BCUT2D eigenvalue weighted by Crippen LogP contribution is -2.31. The maximum absolute atomic E-state index is 13.2. The molecule has 1 aliphatic rings. The van der Waals surface area contributed by atoms with Crippen LogP contribution in [0.1, 0.15) is 34.8 Å². The molecular formula is C19H17FN4O3. The number of rotatable bonds is 5. The summed E-state index contributed by atoms with van der Waals surface area (Å²) < 4.78 is 14.6. The predicted molar refractivity (Wildman–Crippen MR) is 97.3 cm³/mol. The van der Waals surface area contributed by atoms with Gasteiger partial charge in [-0.25, -0.2) is 14.2 Å². The van der Waals surface area contributed by atoms with Gasteiger partial charge in [0, 0.05) is 18.8 Å². The van der Waals surface area contributed by atoms with Crippen molar-refractivity contribution in [1.29, 1.82) is 0 Å². The van der Waals surface area contributed by atoms with E-state index in [1.807, 2.05) is 0 Å². The zero-order valence-corrected chi connectivity index (χ0v) is 14.4. The normalized spacial score (nSPS) is 13.7. The van der Waals surface area contributed by atoms with Crippen LogP contribution in [-0.2, 0) is 6.42 Å². The molecule has 1 fully saturated rings. The lowest BCUT2D eigenvalue weighted by Gasteiger charge is -2.09. The molecule has 0 atom stereocenters. The summed E-state index contributed by atoms with van der Waals surface area (Å²) in [6, 6.07) is 7.67. The largest absolute Gasteiger partial charge is 0.352 e. The first-order chi connectivity index (χ1) is 13.0. The molecule has 0 radical (unpaired) electrons. The maximum Gasteiger partial charge on any atom is 0.330 e. The average Bonchev–Trinajstić information content (AvgIpc) is 3.46. The molecule has 8 heteroatoms. The van der Waals surface area contributed by atoms with Gasteiger partial charge >= 0.3 is 5.69 Å². The van der Waals surface area contributed by atoms with E-state index in [0.29, 0.717) is 18.6 Å². The Kier molecular flexibility index (Phi) is 4.31. The second-order valence-corrected chi connectivity index (χ2v) is 6.59. The number of aromatic nitrogens is 3. The van der Waals surface area contributed by atoms with Crippen molar-refractivity contribution >= 4 is 16.9 Å². The SMILES string of the molecule is O=C(NCCc1cccc(F)c1)c1cnc2c(c1)c(=O)[nH]c(=O)n2C1CC1. The number of nitrogens with one attached hydrogen (secondary N) is 2. The zero-order chi connectivity index (χ0) is 19.0. The van der Waals surface area contributed by atoms with Crippen LogP contribution in [0.15, 0.2) is 46.1 Å². The van der Waals surface area contributed by atoms with Crippen LogP contribution < -0.4 is 16.6 Å². The van der Waals surface area contributed by atoms with Gasteiger partial charge in [-0.15, -0.1) is 0 Å². The van der Waals surface area contributed by atoms with Crippen LogP contribution in [0.2, 0.25) is 0 Å². The molecule has 1 aromatic carbocycles. The molecule has 3 aromatic rings. The van der Waals surface area contributed by atoms with Gasteiger partial charge < -0.3 is 5.32 Å². The van der Waals surface area contributed by atoms with E-state index in [1.54, 1.807) is 12.1 Å². The van der Waals surface area contributed by atoms with Crippen molar-refractivity contribution in [3.63, 3.8) is 0 Å². The Hall–Kier alpha value is -3.29. The van der Waals surface area contributed by atoms with Crippen LogP contribution in [-0.4, -0.2) is 27.0 Å². The van der Waals surface area contributed by atoms with Crippen molar-refractivity contribution in [2.45, 2.75) is 25.3 Å². The quantitative estimate of drug-likeness (QED) is 0.714. The molecule has 7 nitrogen and oxygen atoms in total. The van der Waals surface area contributed by atoms with Gasteiger partial charge in [-0.1, -0.05) is 12.1 Å². The number of pyridine rings is 1. The van der Waals surface area contributed by atoms with E-state index in [1.165, 1.54) is 29.0 Å². The molecule has 138 valence electrons. The molecular weight excluding hydrogens is 351 g/mol. The number of carbonyl (C=O) groups is 1. The number of nitrogens with zero attached hydrogens (tertiary/aromatic N) is 2. The number of benzene rings is 1.